The van der Waals surface area contributed by atoms with Crippen LogP contribution in [0.2, 0.25) is 0 Å². The zero-order valence-corrected chi connectivity index (χ0v) is 25.8. The van der Waals surface area contributed by atoms with Gasteiger partial charge in [0, 0.05) is 16.8 Å². The number of hydrogen-bond acceptors (Lipinski definition) is 1. The Labute approximate surface area is 274 Å². The Kier molecular flexibility index (Phi) is 6.54. The Morgan fingerprint density at radius 2 is 0.872 bits per heavy atom. The fraction of sp³-hybridized carbons (Fsp3) is 0. The van der Waals surface area contributed by atoms with E-state index in [-0.39, 0.29) is 0 Å². The summed E-state index contributed by atoms with van der Waals surface area (Å²) in [6.07, 6.45) is 0. The summed E-state index contributed by atoms with van der Waals surface area (Å²) in [7, 11) is 0. The molecule has 0 fully saturated rings. The Morgan fingerprint density at radius 1 is 0.277 bits per heavy atom. The van der Waals surface area contributed by atoms with Crippen molar-refractivity contribution in [2.75, 3.05) is 4.90 Å². The Morgan fingerprint density at radius 3 is 1.70 bits per heavy atom. The molecule has 0 aliphatic carbocycles. The molecule has 0 aromatic heterocycles. The highest BCUT2D eigenvalue weighted by molar-refractivity contribution is 6.13. The van der Waals surface area contributed by atoms with Gasteiger partial charge in [-0.1, -0.05) is 146 Å². The number of benzene rings is 9. The molecule has 0 amide bonds. The zero-order chi connectivity index (χ0) is 31.2. The second kappa shape index (κ2) is 11.3. The molecule has 0 saturated carbocycles. The molecule has 0 spiro atoms. The molecule has 0 bridgehead atoms. The molecule has 0 saturated heterocycles. The molecule has 1 nitrogen and oxygen atoms in total. The van der Waals surface area contributed by atoms with E-state index in [2.05, 4.69) is 193 Å². The van der Waals surface area contributed by atoms with E-state index in [1.807, 2.05) is 0 Å². The van der Waals surface area contributed by atoms with Crippen LogP contribution in [0, 0.1) is 0 Å². The second-order valence-electron chi connectivity index (χ2n) is 12.2. The van der Waals surface area contributed by atoms with Gasteiger partial charge in [-0.2, -0.15) is 0 Å². The maximum absolute atomic E-state index is 2.40. The smallest absolute Gasteiger partial charge is 0.0540 e. The highest BCUT2D eigenvalue weighted by Gasteiger charge is 2.17. The van der Waals surface area contributed by atoms with Crippen LogP contribution in [0.15, 0.2) is 188 Å². The van der Waals surface area contributed by atoms with E-state index < -0.39 is 0 Å². The van der Waals surface area contributed by atoms with Crippen molar-refractivity contribution in [1.82, 2.24) is 0 Å². The minimum Gasteiger partial charge on any atom is -0.310 e. The lowest BCUT2D eigenvalue weighted by Crippen LogP contribution is -2.10. The second-order valence-corrected chi connectivity index (χ2v) is 12.2. The van der Waals surface area contributed by atoms with E-state index in [1.54, 1.807) is 0 Å². The van der Waals surface area contributed by atoms with Crippen LogP contribution >= 0.6 is 0 Å². The molecule has 9 aromatic rings. The van der Waals surface area contributed by atoms with Crippen molar-refractivity contribution in [3.8, 4) is 22.3 Å². The van der Waals surface area contributed by atoms with Crippen molar-refractivity contribution in [3.63, 3.8) is 0 Å². The predicted octanol–water partition coefficient (Wildman–Crippen LogP) is 13.1. The molecule has 0 aliphatic heterocycles. The highest BCUT2D eigenvalue weighted by atomic mass is 15.1. The molecular formula is C46H31N. The number of nitrogens with zero attached hydrogens (tertiary/aromatic N) is 1. The Balaban J connectivity index is 1.20. The topological polar surface area (TPSA) is 3.24 Å². The molecule has 0 heterocycles. The van der Waals surface area contributed by atoms with Gasteiger partial charge in [0.15, 0.2) is 0 Å². The summed E-state index contributed by atoms with van der Waals surface area (Å²) >= 11 is 0. The van der Waals surface area contributed by atoms with Crippen molar-refractivity contribution in [1.29, 1.82) is 0 Å². The lowest BCUT2D eigenvalue weighted by molar-refractivity contribution is 1.30. The third kappa shape index (κ3) is 4.81. The van der Waals surface area contributed by atoms with Crippen LogP contribution in [0.5, 0.6) is 0 Å². The molecule has 0 aliphatic rings. The lowest BCUT2D eigenvalue weighted by atomic mass is 9.93. The quantitative estimate of drug-likeness (QED) is 0.178. The van der Waals surface area contributed by atoms with Crippen molar-refractivity contribution < 1.29 is 0 Å². The number of fused-ring (bicyclic) bond motifs is 5. The van der Waals surface area contributed by atoms with Gasteiger partial charge in [-0.05, 0) is 102 Å². The first-order chi connectivity index (χ1) is 23.3. The molecule has 220 valence electrons. The van der Waals surface area contributed by atoms with Crippen LogP contribution < -0.4 is 4.90 Å². The van der Waals surface area contributed by atoms with E-state index in [4.69, 9.17) is 0 Å². The first-order valence-corrected chi connectivity index (χ1v) is 16.2. The first kappa shape index (κ1) is 27.2. The van der Waals surface area contributed by atoms with Gasteiger partial charge in [-0.15, -0.1) is 0 Å². The van der Waals surface area contributed by atoms with Crippen molar-refractivity contribution >= 4 is 60.2 Å². The zero-order valence-electron chi connectivity index (χ0n) is 25.8. The minimum absolute atomic E-state index is 1.12. The van der Waals surface area contributed by atoms with E-state index in [1.165, 1.54) is 65.3 Å². The molecule has 0 atom stereocenters. The monoisotopic (exact) mass is 597 g/mol. The van der Waals surface area contributed by atoms with Gasteiger partial charge in [0.05, 0.1) is 5.69 Å². The largest absolute Gasteiger partial charge is 0.310 e. The third-order valence-corrected chi connectivity index (χ3v) is 9.40. The van der Waals surface area contributed by atoms with Crippen LogP contribution in [0.4, 0.5) is 17.1 Å². The van der Waals surface area contributed by atoms with Gasteiger partial charge in [0.1, 0.15) is 0 Å². The average Bonchev–Trinajstić information content (AvgIpc) is 3.15. The van der Waals surface area contributed by atoms with Crippen LogP contribution in [-0.4, -0.2) is 0 Å². The molecule has 0 N–H and O–H groups in total. The minimum atomic E-state index is 1.12. The maximum atomic E-state index is 2.40. The standard InChI is InChI=1S/C46H31N/c1-2-13-35-29-37(24-23-32(35)11-1)36-16-9-17-40(30-36)47(46-22-10-15-33-12-3-6-19-42(33)46)39-27-25-34(26-28-39)45-31-38-14-4-5-18-41(38)43-20-7-8-21-44(43)45/h1-31H. The first-order valence-electron chi connectivity index (χ1n) is 16.2. The van der Waals surface area contributed by atoms with Crippen LogP contribution in [-0.2, 0) is 0 Å². The number of rotatable bonds is 5. The van der Waals surface area contributed by atoms with Gasteiger partial charge >= 0.3 is 0 Å². The van der Waals surface area contributed by atoms with E-state index in [9.17, 15) is 0 Å². The number of hydrogen-bond donors (Lipinski definition) is 0. The van der Waals surface area contributed by atoms with Crippen molar-refractivity contribution in [2.24, 2.45) is 0 Å². The average molecular weight is 598 g/mol. The summed E-state index contributed by atoms with van der Waals surface area (Å²) < 4.78 is 0. The third-order valence-electron chi connectivity index (χ3n) is 9.40. The molecule has 47 heavy (non-hydrogen) atoms. The summed E-state index contributed by atoms with van der Waals surface area (Å²) in [6, 6.07) is 68.3. The fourth-order valence-electron chi connectivity index (χ4n) is 7.11. The summed E-state index contributed by atoms with van der Waals surface area (Å²) in [5, 5.41) is 10.0. The SMILES string of the molecule is c1cc(-c2ccc3ccccc3c2)cc(N(c2ccc(-c3cc4ccccc4c4ccccc34)cc2)c2cccc3ccccc23)c1. The molecule has 0 radical (unpaired) electrons. The van der Waals surface area contributed by atoms with Gasteiger partial charge < -0.3 is 4.90 Å². The lowest BCUT2D eigenvalue weighted by Gasteiger charge is -2.27. The molecular weight excluding hydrogens is 567 g/mol. The Bertz CT molecular complexity index is 2570. The van der Waals surface area contributed by atoms with Crippen molar-refractivity contribution in [3.05, 3.63) is 188 Å². The molecule has 9 aromatic carbocycles. The van der Waals surface area contributed by atoms with E-state index in [0.29, 0.717) is 0 Å². The predicted molar refractivity (Wildman–Crippen MR) is 202 cm³/mol. The summed E-state index contributed by atoms with van der Waals surface area (Å²) in [5.41, 5.74) is 8.25. The van der Waals surface area contributed by atoms with E-state index in [0.717, 1.165) is 17.1 Å². The van der Waals surface area contributed by atoms with Gasteiger partial charge in [0.25, 0.3) is 0 Å². The normalized spacial score (nSPS) is 11.4. The summed E-state index contributed by atoms with van der Waals surface area (Å²) in [5.74, 6) is 0. The van der Waals surface area contributed by atoms with Crippen LogP contribution in [0.1, 0.15) is 0 Å². The number of anilines is 3. The molecule has 1 heteroatoms. The summed E-state index contributed by atoms with van der Waals surface area (Å²) in [4.78, 5) is 2.40. The molecule has 9 rings (SSSR count). The Hall–Kier alpha value is -6.18. The summed E-state index contributed by atoms with van der Waals surface area (Å²) in [6.45, 7) is 0. The highest BCUT2D eigenvalue weighted by Crippen LogP contribution is 2.42. The maximum Gasteiger partial charge on any atom is 0.0540 e. The molecule has 0 unspecified atom stereocenters. The van der Waals surface area contributed by atoms with E-state index >= 15 is 0 Å². The van der Waals surface area contributed by atoms with Crippen LogP contribution in [0.3, 0.4) is 0 Å². The fourth-order valence-corrected chi connectivity index (χ4v) is 7.11. The van der Waals surface area contributed by atoms with Crippen LogP contribution in [0.25, 0.3) is 65.3 Å². The van der Waals surface area contributed by atoms with Gasteiger partial charge in [-0.3, -0.25) is 0 Å². The van der Waals surface area contributed by atoms with Crippen molar-refractivity contribution in [2.45, 2.75) is 0 Å². The van der Waals surface area contributed by atoms with Gasteiger partial charge in [0.2, 0.25) is 0 Å². The van der Waals surface area contributed by atoms with Gasteiger partial charge in [-0.25, -0.2) is 0 Å².